The lowest BCUT2D eigenvalue weighted by molar-refractivity contribution is -0.116. The highest BCUT2D eigenvalue weighted by Crippen LogP contribution is 2.41. The van der Waals surface area contributed by atoms with Gasteiger partial charge in [0, 0.05) is 42.1 Å². The van der Waals surface area contributed by atoms with Crippen LogP contribution in [-0.4, -0.2) is 33.3 Å². The van der Waals surface area contributed by atoms with Gasteiger partial charge in [-0.3, -0.25) is 9.59 Å². The molecule has 0 saturated heterocycles. The molecule has 0 atom stereocenters. The van der Waals surface area contributed by atoms with Crippen LogP contribution in [0.25, 0.3) is 11.0 Å². The van der Waals surface area contributed by atoms with Crippen LogP contribution in [0.2, 0.25) is 0 Å². The minimum absolute atomic E-state index is 0.0326. The van der Waals surface area contributed by atoms with E-state index in [1.54, 1.807) is 48.4 Å². The van der Waals surface area contributed by atoms with E-state index in [9.17, 15) is 14.4 Å². The van der Waals surface area contributed by atoms with Crippen LogP contribution in [0.15, 0.2) is 59.5 Å². The molecule has 2 aromatic carbocycles. The van der Waals surface area contributed by atoms with E-state index in [2.05, 4.69) is 39.4 Å². The number of imidazole rings is 1. The number of carbonyl (C=O) groups excluding carboxylic acids is 2. The standard InChI is InChI=1S/C25H24N6O3/c1-14(32)31-13-25(2,3)18-8-6-16(12-21(18)31)28-23(33)17-5-4-10-26-22(17)27-15-7-9-19-20(11-15)30-24(34)29-19/h4-12H,13H2,1-3H3,(H,26,27)(H,28,33)(H2,29,30,34). The number of aromatic amines is 2. The molecule has 0 spiro atoms. The van der Waals surface area contributed by atoms with Gasteiger partial charge in [-0.25, -0.2) is 9.78 Å². The SMILES string of the molecule is CC(=O)N1CC(C)(C)c2ccc(NC(=O)c3cccnc3Nc3ccc4[nH]c(=O)[nH]c4c3)cc21. The largest absolute Gasteiger partial charge is 0.340 e. The molecule has 3 heterocycles. The van der Waals surface area contributed by atoms with Crippen LogP contribution in [0.1, 0.15) is 36.7 Å². The number of fused-ring (bicyclic) bond motifs is 2. The van der Waals surface area contributed by atoms with Gasteiger partial charge in [0.15, 0.2) is 0 Å². The van der Waals surface area contributed by atoms with Crippen molar-refractivity contribution in [3.8, 4) is 0 Å². The lowest BCUT2D eigenvalue weighted by Crippen LogP contribution is -2.32. The second-order valence-electron chi connectivity index (χ2n) is 9.04. The number of H-pyrrole nitrogens is 2. The summed E-state index contributed by atoms with van der Waals surface area (Å²) in [5.74, 6) is 0.0120. The van der Waals surface area contributed by atoms with Crippen molar-refractivity contribution in [2.75, 3.05) is 22.1 Å². The summed E-state index contributed by atoms with van der Waals surface area (Å²) < 4.78 is 0. The van der Waals surface area contributed by atoms with E-state index in [0.717, 1.165) is 11.3 Å². The molecular weight excluding hydrogens is 432 g/mol. The van der Waals surface area contributed by atoms with Gasteiger partial charge in [-0.15, -0.1) is 0 Å². The van der Waals surface area contributed by atoms with Crippen molar-refractivity contribution in [1.82, 2.24) is 15.0 Å². The summed E-state index contributed by atoms with van der Waals surface area (Å²) in [5.41, 5.74) is 4.40. The monoisotopic (exact) mass is 456 g/mol. The summed E-state index contributed by atoms with van der Waals surface area (Å²) in [5, 5.41) is 6.08. The first kappa shape index (κ1) is 21.4. The highest BCUT2D eigenvalue weighted by Gasteiger charge is 2.37. The third kappa shape index (κ3) is 3.81. The molecule has 2 aromatic heterocycles. The van der Waals surface area contributed by atoms with E-state index in [1.165, 1.54) is 0 Å². The van der Waals surface area contributed by atoms with Crippen molar-refractivity contribution in [2.24, 2.45) is 0 Å². The van der Waals surface area contributed by atoms with Crippen molar-refractivity contribution < 1.29 is 9.59 Å². The molecule has 1 aliphatic heterocycles. The number of aromatic nitrogens is 3. The summed E-state index contributed by atoms with van der Waals surface area (Å²) in [6, 6.07) is 14.3. The van der Waals surface area contributed by atoms with Gasteiger partial charge in [0.2, 0.25) is 5.91 Å². The number of hydrogen-bond donors (Lipinski definition) is 4. The molecule has 4 aromatic rings. The lowest BCUT2D eigenvalue weighted by atomic mass is 9.87. The Kier molecular flexibility index (Phi) is 4.97. The third-order valence-corrected chi connectivity index (χ3v) is 6.04. The minimum atomic E-state index is -0.335. The summed E-state index contributed by atoms with van der Waals surface area (Å²) in [4.78, 5) is 48.3. The highest BCUT2D eigenvalue weighted by molar-refractivity contribution is 6.08. The number of nitrogens with one attached hydrogen (secondary N) is 4. The molecule has 0 unspecified atom stereocenters. The van der Waals surface area contributed by atoms with E-state index in [4.69, 9.17) is 0 Å². The molecule has 0 fully saturated rings. The average molecular weight is 457 g/mol. The van der Waals surface area contributed by atoms with Crippen LogP contribution in [0.5, 0.6) is 0 Å². The van der Waals surface area contributed by atoms with Crippen molar-refractivity contribution in [2.45, 2.75) is 26.2 Å². The first-order valence-electron chi connectivity index (χ1n) is 10.9. The van der Waals surface area contributed by atoms with Crippen LogP contribution in [0.3, 0.4) is 0 Å². The van der Waals surface area contributed by atoms with Gasteiger partial charge in [-0.2, -0.15) is 0 Å². The van der Waals surface area contributed by atoms with Crippen LogP contribution in [0, 0.1) is 0 Å². The summed E-state index contributed by atoms with van der Waals surface area (Å²) in [6.07, 6.45) is 1.60. The topological polar surface area (TPSA) is 123 Å². The number of hydrogen-bond acceptors (Lipinski definition) is 5. The van der Waals surface area contributed by atoms with Crippen molar-refractivity contribution in [1.29, 1.82) is 0 Å². The zero-order valence-corrected chi connectivity index (χ0v) is 19.0. The van der Waals surface area contributed by atoms with Gasteiger partial charge in [0.25, 0.3) is 5.91 Å². The summed E-state index contributed by atoms with van der Waals surface area (Å²) in [6.45, 7) is 6.34. The Morgan fingerprint density at radius 2 is 1.79 bits per heavy atom. The molecule has 172 valence electrons. The molecule has 0 aliphatic carbocycles. The number of nitrogens with zero attached hydrogens (tertiary/aromatic N) is 2. The van der Waals surface area contributed by atoms with Crippen molar-refractivity contribution >= 4 is 45.7 Å². The van der Waals surface area contributed by atoms with Crippen molar-refractivity contribution in [3.63, 3.8) is 0 Å². The molecule has 1 aliphatic rings. The molecule has 0 saturated carbocycles. The second kappa shape index (κ2) is 7.87. The van der Waals surface area contributed by atoms with Crippen molar-refractivity contribution in [3.05, 3.63) is 76.3 Å². The van der Waals surface area contributed by atoms with Crippen LogP contribution in [-0.2, 0) is 10.2 Å². The van der Waals surface area contributed by atoms with Crippen LogP contribution in [0.4, 0.5) is 22.9 Å². The molecule has 4 N–H and O–H groups in total. The number of benzene rings is 2. The van der Waals surface area contributed by atoms with E-state index in [0.29, 0.717) is 40.3 Å². The van der Waals surface area contributed by atoms with E-state index in [1.807, 2.05) is 18.2 Å². The van der Waals surface area contributed by atoms with Gasteiger partial charge >= 0.3 is 5.69 Å². The third-order valence-electron chi connectivity index (χ3n) is 6.04. The quantitative estimate of drug-likeness (QED) is 0.371. The number of amides is 2. The Balaban J connectivity index is 1.41. The predicted octanol–water partition coefficient (Wildman–Crippen LogP) is 3.89. The predicted molar refractivity (Wildman–Crippen MR) is 132 cm³/mol. The Bertz CT molecular complexity index is 1500. The zero-order chi connectivity index (χ0) is 24.0. The molecule has 9 heteroatoms. The number of anilines is 4. The molecule has 0 radical (unpaired) electrons. The maximum absolute atomic E-state index is 13.2. The normalized spacial score (nSPS) is 14.1. The molecule has 5 rings (SSSR count). The molecule has 0 bridgehead atoms. The van der Waals surface area contributed by atoms with Crippen LogP contribution >= 0.6 is 0 Å². The number of carbonyl (C=O) groups is 2. The molecule has 34 heavy (non-hydrogen) atoms. The first-order valence-corrected chi connectivity index (χ1v) is 10.9. The first-order chi connectivity index (χ1) is 16.2. The maximum Gasteiger partial charge on any atom is 0.323 e. The van der Waals surface area contributed by atoms with E-state index < -0.39 is 0 Å². The Labute approximate surface area is 195 Å². The summed E-state index contributed by atoms with van der Waals surface area (Å²) in [7, 11) is 0. The Morgan fingerprint density at radius 3 is 2.59 bits per heavy atom. The van der Waals surface area contributed by atoms with Gasteiger partial charge in [-0.05, 0) is 48.0 Å². The van der Waals surface area contributed by atoms with Gasteiger partial charge < -0.3 is 25.5 Å². The van der Waals surface area contributed by atoms with Gasteiger partial charge in [-0.1, -0.05) is 19.9 Å². The van der Waals surface area contributed by atoms with E-state index >= 15 is 0 Å². The van der Waals surface area contributed by atoms with Gasteiger partial charge in [0.05, 0.1) is 16.6 Å². The number of rotatable bonds is 4. The average Bonchev–Trinajstić information content (AvgIpc) is 3.29. The fourth-order valence-electron chi connectivity index (χ4n) is 4.39. The fraction of sp³-hybridized carbons (Fsp3) is 0.200. The minimum Gasteiger partial charge on any atom is -0.340 e. The lowest BCUT2D eigenvalue weighted by Gasteiger charge is -2.19. The fourth-order valence-corrected chi connectivity index (χ4v) is 4.39. The zero-order valence-electron chi connectivity index (χ0n) is 19.0. The molecule has 2 amide bonds. The maximum atomic E-state index is 13.2. The van der Waals surface area contributed by atoms with E-state index in [-0.39, 0.29) is 22.9 Å². The molecular formula is C25H24N6O3. The summed E-state index contributed by atoms with van der Waals surface area (Å²) >= 11 is 0. The van der Waals surface area contributed by atoms with Gasteiger partial charge in [0.1, 0.15) is 5.82 Å². The smallest absolute Gasteiger partial charge is 0.323 e. The second-order valence-corrected chi connectivity index (χ2v) is 9.04. The van der Waals surface area contributed by atoms with Crippen LogP contribution < -0.4 is 21.2 Å². The Morgan fingerprint density at radius 1 is 1.03 bits per heavy atom. The Hall–Kier alpha value is -4.40. The molecule has 9 nitrogen and oxygen atoms in total. The highest BCUT2D eigenvalue weighted by atomic mass is 16.2. The number of pyridine rings is 1.